The van der Waals surface area contributed by atoms with Crippen LogP contribution in [0.1, 0.15) is 11.1 Å². The summed E-state index contributed by atoms with van der Waals surface area (Å²) in [5.41, 5.74) is 3.99. The second-order valence-corrected chi connectivity index (χ2v) is 7.04. The first-order chi connectivity index (χ1) is 13.1. The first-order valence-electron chi connectivity index (χ1n) is 8.57. The lowest BCUT2D eigenvalue weighted by molar-refractivity contribution is -0.118. The van der Waals surface area contributed by atoms with Crippen LogP contribution in [-0.4, -0.2) is 29.0 Å². The van der Waals surface area contributed by atoms with E-state index < -0.39 is 0 Å². The van der Waals surface area contributed by atoms with Crippen molar-refractivity contribution in [1.29, 1.82) is 0 Å². The van der Waals surface area contributed by atoms with Crippen LogP contribution in [-0.2, 0) is 11.3 Å². The Balaban J connectivity index is 1.50. The van der Waals surface area contributed by atoms with Crippen LogP contribution >= 0.6 is 11.8 Å². The minimum Gasteiger partial charge on any atom is -0.497 e. The van der Waals surface area contributed by atoms with E-state index in [0.29, 0.717) is 17.3 Å². The summed E-state index contributed by atoms with van der Waals surface area (Å²) < 4.78 is 5.23. The Morgan fingerprint density at radius 3 is 2.59 bits per heavy atom. The number of hydrogen-bond donors (Lipinski definition) is 1. The van der Waals surface area contributed by atoms with Gasteiger partial charge in [-0.15, -0.1) is 10.2 Å². The van der Waals surface area contributed by atoms with E-state index in [9.17, 15) is 4.79 Å². The number of carbonyl (C=O) groups is 1. The van der Waals surface area contributed by atoms with Crippen molar-refractivity contribution in [2.75, 3.05) is 12.9 Å². The maximum absolute atomic E-state index is 12.0. The van der Waals surface area contributed by atoms with Crippen molar-refractivity contribution in [1.82, 2.24) is 15.5 Å². The average Bonchev–Trinajstić information content (AvgIpc) is 2.72. The topological polar surface area (TPSA) is 64.1 Å². The molecule has 0 bridgehead atoms. The van der Waals surface area contributed by atoms with Gasteiger partial charge in [-0.05, 0) is 36.8 Å². The van der Waals surface area contributed by atoms with Crippen LogP contribution in [0.2, 0.25) is 0 Å². The third-order valence-corrected chi connectivity index (χ3v) is 4.89. The van der Waals surface area contributed by atoms with E-state index in [1.807, 2.05) is 67.6 Å². The number of rotatable bonds is 7. The van der Waals surface area contributed by atoms with Gasteiger partial charge >= 0.3 is 0 Å². The monoisotopic (exact) mass is 379 g/mol. The van der Waals surface area contributed by atoms with Gasteiger partial charge < -0.3 is 10.1 Å². The van der Waals surface area contributed by atoms with Crippen LogP contribution in [0.25, 0.3) is 11.3 Å². The Hall–Kier alpha value is -2.86. The Morgan fingerprint density at radius 1 is 1.07 bits per heavy atom. The summed E-state index contributed by atoms with van der Waals surface area (Å²) in [7, 11) is 1.63. The number of ether oxygens (including phenoxy) is 1. The molecule has 1 N–H and O–H groups in total. The van der Waals surface area contributed by atoms with Crippen molar-refractivity contribution in [3.63, 3.8) is 0 Å². The maximum Gasteiger partial charge on any atom is 0.230 e. The van der Waals surface area contributed by atoms with Crippen molar-refractivity contribution >= 4 is 17.7 Å². The predicted octanol–water partition coefficient (Wildman–Crippen LogP) is 3.87. The number of thioether (sulfide) groups is 1. The molecule has 1 heterocycles. The van der Waals surface area contributed by atoms with Crippen molar-refractivity contribution in [3.8, 4) is 17.0 Å². The molecule has 0 spiro atoms. The summed E-state index contributed by atoms with van der Waals surface area (Å²) in [6, 6.07) is 19.6. The number of aryl methyl sites for hydroxylation is 1. The standard InChI is InChI=1S/C21H21N3O2S/c1-15-6-8-16(9-7-15)13-22-20(25)14-27-21-11-10-19(23-24-21)17-4-3-5-18(12-17)26-2/h3-12H,13-14H2,1-2H3,(H,22,25). The van der Waals surface area contributed by atoms with Crippen LogP contribution in [0.3, 0.4) is 0 Å². The molecule has 27 heavy (non-hydrogen) atoms. The molecule has 0 aliphatic rings. The Kier molecular flexibility index (Phi) is 6.44. The Bertz CT molecular complexity index is 896. The maximum atomic E-state index is 12.0. The van der Waals surface area contributed by atoms with Gasteiger partial charge in [0, 0.05) is 12.1 Å². The fourth-order valence-electron chi connectivity index (χ4n) is 2.43. The van der Waals surface area contributed by atoms with Gasteiger partial charge in [0.25, 0.3) is 0 Å². The summed E-state index contributed by atoms with van der Waals surface area (Å²) >= 11 is 1.37. The Morgan fingerprint density at radius 2 is 1.89 bits per heavy atom. The molecular formula is C21H21N3O2S. The molecule has 0 radical (unpaired) electrons. The average molecular weight is 379 g/mol. The highest BCUT2D eigenvalue weighted by Gasteiger charge is 2.06. The molecule has 0 aliphatic carbocycles. The zero-order valence-electron chi connectivity index (χ0n) is 15.3. The summed E-state index contributed by atoms with van der Waals surface area (Å²) in [4.78, 5) is 12.0. The molecule has 6 heteroatoms. The van der Waals surface area contributed by atoms with E-state index in [1.54, 1.807) is 7.11 Å². The molecule has 3 rings (SSSR count). The molecule has 2 aromatic carbocycles. The summed E-state index contributed by atoms with van der Waals surface area (Å²) in [5, 5.41) is 12.1. The molecule has 0 fully saturated rings. The lowest BCUT2D eigenvalue weighted by atomic mass is 10.1. The molecule has 5 nitrogen and oxygen atoms in total. The largest absolute Gasteiger partial charge is 0.497 e. The normalized spacial score (nSPS) is 10.4. The van der Waals surface area contributed by atoms with Crippen LogP contribution in [0.5, 0.6) is 5.75 Å². The third-order valence-electron chi connectivity index (χ3n) is 3.97. The zero-order valence-corrected chi connectivity index (χ0v) is 16.1. The molecule has 138 valence electrons. The third kappa shape index (κ3) is 5.56. The fourth-order valence-corrected chi connectivity index (χ4v) is 3.07. The van der Waals surface area contributed by atoms with Gasteiger partial charge in [0.1, 0.15) is 10.8 Å². The van der Waals surface area contributed by atoms with Crippen molar-refractivity contribution < 1.29 is 9.53 Å². The minimum atomic E-state index is -0.0285. The number of amides is 1. The van der Waals surface area contributed by atoms with E-state index >= 15 is 0 Å². The number of carbonyl (C=O) groups excluding carboxylic acids is 1. The van der Waals surface area contributed by atoms with E-state index in [1.165, 1.54) is 17.3 Å². The molecule has 0 unspecified atom stereocenters. The summed E-state index contributed by atoms with van der Waals surface area (Å²) in [6.07, 6.45) is 0. The molecule has 1 amide bonds. The molecule has 0 saturated heterocycles. The van der Waals surface area contributed by atoms with Gasteiger partial charge in [-0.25, -0.2) is 0 Å². The van der Waals surface area contributed by atoms with Gasteiger partial charge in [-0.3, -0.25) is 4.79 Å². The lowest BCUT2D eigenvalue weighted by Crippen LogP contribution is -2.24. The highest BCUT2D eigenvalue weighted by atomic mass is 32.2. The van der Waals surface area contributed by atoms with E-state index in [-0.39, 0.29) is 5.91 Å². The number of benzene rings is 2. The first kappa shape index (κ1) is 18.9. The number of nitrogens with one attached hydrogen (secondary N) is 1. The van der Waals surface area contributed by atoms with E-state index in [4.69, 9.17) is 4.74 Å². The lowest BCUT2D eigenvalue weighted by Gasteiger charge is -2.06. The number of hydrogen-bond acceptors (Lipinski definition) is 5. The quantitative estimate of drug-likeness (QED) is 0.632. The molecular weight excluding hydrogens is 358 g/mol. The highest BCUT2D eigenvalue weighted by molar-refractivity contribution is 7.99. The number of methoxy groups -OCH3 is 1. The summed E-state index contributed by atoms with van der Waals surface area (Å²) in [5.74, 6) is 1.05. The van der Waals surface area contributed by atoms with Gasteiger partial charge in [0.05, 0.1) is 18.6 Å². The molecule has 0 atom stereocenters. The second kappa shape index (κ2) is 9.19. The highest BCUT2D eigenvalue weighted by Crippen LogP contribution is 2.23. The molecule has 3 aromatic rings. The van der Waals surface area contributed by atoms with Crippen LogP contribution < -0.4 is 10.1 Å². The molecule has 0 saturated carbocycles. The van der Waals surface area contributed by atoms with Gasteiger partial charge in [0.2, 0.25) is 5.91 Å². The number of aromatic nitrogens is 2. The molecule has 1 aromatic heterocycles. The van der Waals surface area contributed by atoms with E-state index in [2.05, 4.69) is 15.5 Å². The van der Waals surface area contributed by atoms with Gasteiger partial charge in [-0.1, -0.05) is 53.7 Å². The van der Waals surface area contributed by atoms with Gasteiger partial charge in [-0.2, -0.15) is 0 Å². The van der Waals surface area contributed by atoms with Crippen LogP contribution in [0.4, 0.5) is 0 Å². The van der Waals surface area contributed by atoms with E-state index in [0.717, 1.165) is 22.6 Å². The van der Waals surface area contributed by atoms with Crippen molar-refractivity contribution in [2.24, 2.45) is 0 Å². The van der Waals surface area contributed by atoms with Crippen molar-refractivity contribution in [3.05, 3.63) is 71.8 Å². The van der Waals surface area contributed by atoms with Crippen LogP contribution in [0.15, 0.2) is 65.7 Å². The minimum absolute atomic E-state index is 0.0285. The smallest absolute Gasteiger partial charge is 0.230 e. The SMILES string of the molecule is COc1cccc(-c2ccc(SCC(=O)NCc3ccc(C)cc3)nn2)c1. The predicted molar refractivity (Wildman–Crippen MR) is 108 cm³/mol. The number of nitrogens with zero attached hydrogens (tertiary/aromatic N) is 2. The summed E-state index contributed by atoms with van der Waals surface area (Å²) in [6.45, 7) is 2.57. The van der Waals surface area contributed by atoms with Crippen molar-refractivity contribution in [2.45, 2.75) is 18.5 Å². The second-order valence-electron chi connectivity index (χ2n) is 6.04. The fraction of sp³-hybridized carbons (Fsp3) is 0.190. The Labute approximate surface area is 163 Å². The molecule has 0 aliphatic heterocycles. The first-order valence-corrected chi connectivity index (χ1v) is 9.56. The van der Waals surface area contributed by atoms with Crippen LogP contribution in [0, 0.1) is 6.92 Å². The zero-order chi connectivity index (χ0) is 19.1. The van der Waals surface area contributed by atoms with Gasteiger partial charge in [0.15, 0.2) is 0 Å².